The Morgan fingerprint density at radius 2 is 1.97 bits per heavy atom. The van der Waals surface area contributed by atoms with Crippen molar-refractivity contribution in [2.45, 2.75) is 58.0 Å². The molecule has 5 rings (SSSR count). The summed E-state index contributed by atoms with van der Waals surface area (Å²) >= 11 is 0. The molecule has 0 N–H and O–H groups in total. The number of carbonyl (C=O) groups is 1. The van der Waals surface area contributed by atoms with Gasteiger partial charge in [-0.05, 0) is 78.2 Å². The van der Waals surface area contributed by atoms with Crippen LogP contribution in [0.5, 0.6) is 0 Å². The number of hydrogen-bond donors (Lipinski definition) is 0. The first kappa shape index (κ1) is 20.6. The van der Waals surface area contributed by atoms with Gasteiger partial charge in [0.2, 0.25) is 0 Å². The van der Waals surface area contributed by atoms with E-state index in [9.17, 15) is 9.18 Å². The molecule has 2 saturated carbocycles. The molecular weight excluding hydrogens is 387 g/mol. The molecule has 0 radical (unpaired) electrons. The van der Waals surface area contributed by atoms with Gasteiger partial charge in [0, 0.05) is 11.8 Å². The molecule has 162 valence electrons. The van der Waals surface area contributed by atoms with Crippen LogP contribution < -0.4 is 0 Å². The van der Waals surface area contributed by atoms with Crippen LogP contribution in [-0.2, 0) is 22.6 Å². The maximum Gasteiger partial charge on any atom is 0.139 e. The van der Waals surface area contributed by atoms with Crippen molar-refractivity contribution in [2.75, 3.05) is 6.61 Å². The third-order valence-corrected chi connectivity index (χ3v) is 8.13. The van der Waals surface area contributed by atoms with Gasteiger partial charge in [-0.2, -0.15) is 0 Å². The molecule has 0 amide bonds. The lowest BCUT2D eigenvalue weighted by Crippen LogP contribution is -2.42. The summed E-state index contributed by atoms with van der Waals surface area (Å²) < 4.78 is 19.9. The Balaban J connectivity index is 1.26. The highest BCUT2D eigenvalue weighted by molar-refractivity contribution is 5.87. The molecule has 2 fully saturated rings. The first-order valence-corrected chi connectivity index (χ1v) is 11.7. The van der Waals surface area contributed by atoms with Crippen LogP contribution in [0, 0.1) is 17.3 Å². The molecular formula is C28H31FO2. The molecule has 3 aliphatic carbocycles. The summed E-state index contributed by atoms with van der Waals surface area (Å²) in [5, 5.41) is 0. The molecule has 0 bridgehead atoms. The third-order valence-electron chi connectivity index (χ3n) is 8.13. The van der Waals surface area contributed by atoms with Gasteiger partial charge in [-0.3, -0.25) is 4.79 Å². The standard InChI is InChI=1S/C28H31FO2/c1-28-14-13-24-23-9-7-20(16-22(29)18-31-17-19-5-3-2-4-6-19)15-21(23)8-10-25(24)26(28)11-12-27(28)30/h2-7,9,15-16,24-26H,8,10-14,17-18H2,1H3/b22-16-/t24-,25-,26+,28+/m1/s1. The maximum absolute atomic E-state index is 14.4. The Labute approximate surface area is 184 Å². The van der Waals surface area contributed by atoms with Gasteiger partial charge in [0.05, 0.1) is 13.2 Å². The minimum absolute atomic E-state index is 0.00896. The van der Waals surface area contributed by atoms with Gasteiger partial charge < -0.3 is 4.74 Å². The quantitative estimate of drug-likeness (QED) is 0.544. The molecule has 0 heterocycles. The Hall–Kier alpha value is -2.26. The Morgan fingerprint density at radius 3 is 2.81 bits per heavy atom. The summed E-state index contributed by atoms with van der Waals surface area (Å²) in [6.45, 7) is 2.62. The highest BCUT2D eigenvalue weighted by Crippen LogP contribution is 2.59. The van der Waals surface area contributed by atoms with E-state index in [1.54, 1.807) is 6.08 Å². The van der Waals surface area contributed by atoms with E-state index in [1.807, 2.05) is 36.4 Å². The summed E-state index contributed by atoms with van der Waals surface area (Å²) in [6.07, 6.45) is 7.75. The second-order valence-corrected chi connectivity index (χ2v) is 9.86. The number of fused-ring (bicyclic) bond motifs is 5. The van der Waals surface area contributed by atoms with Gasteiger partial charge in [-0.1, -0.05) is 55.5 Å². The minimum Gasteiger partial charge on any atom is -0.370 e. The van der Waals surface area contributed by atoms with Gasteiger partial charge in [-0.15, -0.1) is 0 Å². The lowest BCUT2D eigenvalue weighted by atomic mass is 9.55. The van der Waals surface area contributed by atoms with Crippen molar-refractivity contribution in [1.82, 2.24) is 0 Å². The highest BCUT2D eigenvalue weighted by atomic mass is 19.1. The zero-order valence-corrected chi connectivity index (χ0v) is 18.3. The van der Waals surface area contributed by atoms with Gasteiger partial charge in [0.15, 0.2) is 0 Å². The van der Waals surface area contributed by atoms with Crippen LogP contribution in [0.1, 0.15) is 67.2 Å². The summed E-state index contributed by atoms with van der Waals surface area (Å²) in [5.41, 5.74) is 4.68. The van der Waals surface area contributed by atoms with Crippen molar-refractivity contribution in [1.29, 1.82) is 0 Å². The van der Waals surface area contributed by atoms with Crippen molar-refractivity contribution >= 4 is 11.9 Å². The van der Waals surface area contributed by atoms with E-state index >= 15 is 0 Å². The number of aryl methyl sites for hydroxylation is 1. The zero-order valence-electron chi connectivity index (χ0n) is 18.3. The average molecular weight is 419 g/mol. The monoisotopic (exact) mass is 418 g/mol. The fourth-order valence-corrected chi connectivity index (χ4v) is 6.53. The normalized spacial score (nSPS) is 29.9. The summed E-state index contributed by atoms with van der Waals surface area (Å²) in [4.78, 5) is 12.5. The van der Waals surface area contributed by atoms with Gasteiger partial charge in [-0.25, -0.2) is 4.39 Å². The molecule has 0 aromatic heterocycles. The molecule has 2 aromatic rings. The van der Waals surface area contributed by atoms with Crippen molar-refractivity contribution in [3.05, 3.63) is 76.6 Å². The Morgan fingerprint density at radius 1 is 1.13 bits per heavy atom. The average Bonchev–Trinajstić information content (AvgIpc) is 3.09. The molecule has 3 aliphatic rings. The van der Waals surface area contributed by atoms with Crippen LogP contribution in [0.25, 0.3) is 6.08 Å². The topological polar surface area (TPSA) is 26.3 Å². The number of benzene rings is 2. The van der Waals surface area contributed by atoms with E-state index in [-0.39, 0.29) is 17.8 Å². The first-order valence-electron chi connectivity index (χ1n) is 11.7. The number of ether oxygens (including phenoxy) is 1. The van der Waals surface area contributed by atoms with Gasteiger partial charge in [0.25, 0.3) is 0 Å². The van der Waals surface area contributed by atoms with Crippen LogP contribution in [-0.4, -0.2) is 12.4 Å². The number of Topliss-reactive ketones (excluding diaryl/α,β-unsaturated/α-hetero) is 1. The maximum atomic E-state index is 14.4. The molecule has 2 aromatic carbocycles. The number of carbonyl (C=O) groups excluding carboxylic acids is 1. The van der Waals surface area contributed by atoms with Crippen molar-refractivity contribution < 1.29 is 13.9 Å². The minimum atomic E-state index is -0.248. The smallest absolute Gasteiger partial charge is 0.139 e. The van der Waals surface area contributed by atoms with Crippen molar-refractivity contribution in [3.8, 4) is 0 Å². The van der Waals surface area contributed by atoms with Gasteiger partial charge >= 0.3 is 0 Å². The molecule has 0 aliphatic heterocycles. The summed E-state index contributed by atoms with van der Waals surface area (Å²) in [7, 11) is 0. The first-order chi connectivity index (χ1) is 15.0. The van der Waals surface area contributed by atoms with E-state index in [0.717, 1.165) is 49.7 Å². The van der Waals surface area contributed by atoms with E-state index in [4.69, 9.17) is 4.74 Å². The van der Waals surface area contributed by atoms with Crippen LogP contribution >= 0.6 is 0 Å². The van der Waals surface area contributed by atoms with Gasteiger partial charge in [0.1, 0.15) is 11.6 Å². The van der Waals surface area contributed by atoms with Crippen molar-refractivity contribution in [3.63, 3.8) is 0 Å². The molecule has 31 heavy (non-hydrogen) atoms. The molecule has 3 heteroatoms. The molecule has 4 atom stereocenters. The number of hydrogen-bond acceptors (Lipinski definition) is 2. The van der Waals surface area contributed by atoms with Crippen LogP contribution in [0.3, 0.4) is 0 Å². The molecule has 0 spiro atoms. The lowest BCUT2D eigenvalue weighted by Gasteiger charge is -2.48. The Kier molecular flexibility index (Phi) is 5.56. The number of ketones is 1. The van der Waals surface area contributed by atoms with E-state index in [1.165, 1.54) is 11.1 Å². The second-order valence-electron chi connectivity index (χ2n) is 9.86. The van der Waals surface area contributed by atoms with Crippen LogP contribution in [0.2, 0.25) is 0 Å². The summed E-state index contributed by atoms with van der Waals surface area (Å²) in [6, 6.07) is 16.3. The predicted molar refractivity (Wildman–Crippen MR) is 121 cm³/mol. The van der Waals surface area contributed by atoms with E-state index < -0.39 is 0 Å². The molecule has 2 nitrogen and oxygen atoms in total. The zero-order chi connectivity index (χ0) is 21.4. The SMILES string of the molecule is C[C@]12CC[C@@H]3c4ccc(/C=C(\F)COCc5ccccc5)cc4CC[C@H]3[C@@H]1CCC2=O. The van der Waals surface area contributed by atoms with E-state index in [2.05, 4.69) is 19.1 Å². The highest BCUT2D eigenvalue weighted by Gasteiger charge is 2.54. The fraction of sp³-hybridized carbons (Fsp3) is 0.464. The Bertz CT molecular complexity index is 995. The van der Waals surface area contributed by atoms with Crippen molar-refractivity contribution in [2.24, 2.45) is 17.3 Å². The third kappa shape index (κ3) is 3.89. The predicted octanol–water partition coefficient (Wildman–Crippen LogP) is 6.64. The largest absolute Gasteiger partial charge is 0.370 e. The molecule has 0 unspecified atom stereocenters. The molecule has 0 saturated heterocycles. The summed E-state index contributed by atoms with van der Waals surface area (Å²) in [5.74, 6) is 1.98. The van der Waals surface area contributed by atoms with Crippen LogP contribution in [0.4, 0.5) is 4.39 Å². The number of halogens is 1. The lowest BCUT2D eigenvalue weighted by molar-refractivity contribution is -0.129. The number of rotatable bonds is 5. The second kappa shape index (κ2) is 8.35. The van der Waals surface area contributed by atoms with E-state index in [0.29, 0.717) is 30.1 Å². The van der Waals surface area contributed by atoms with Crippen LogP contribution in [0.15, 0.2) is 54.4 Å². The fourth-order valence-electron chi connectivity index (χ4n) is 6.53.